The summed E-state index contributed by atoms with van der Waals surface area (Å²) in [6.45, 7) is 0.0590. The van der Waals surface area contributed by atoms with Gasteiger partial charge in [0, 0.05) is 5.92 Å². The third-order valence-electron chi connectivity index (χ3n) is 2.84. The number of carbonyl (C=O) groups excluding carboxylic acids is 1. The van der Waals surface area contributed by atoms with Crippen LogP contribution in [0.1, 0.15) is 17.9 Å². The lowest BCUT2D eigenvalue weighted by Gasteiger charge is -2.03. The van der Waals surface area contributed by atoms with Crippen LogP contribution < -0.4 is 5.32 Å². The summed E-state index contributed by atoms with van der Waals surface area (Å²) in [4.78, 5) is 11.6. The fraction of sp³-hybridized carbons (Fsp3) is 0.333. The van der Waals surface area contributed by atoms with Crippen LogP contribution in [0, 0.1) is 17.2 Å². The summed E-state index contributed by atoms with van der Waals surface area (Å²) >= 11 is 11.7. The average molecular weight is 269 g/mol. The van der Waals surface area contributed by atoms with Gasteiger partial charge in [-0.15, -0.1) is 0 Å². The largest absolute Gasteiger partial charge is 0.343 e. The Morgan fingerprint density at radius 3 is 2.88 bits per heavy atom. The average Bonchev–Trinajstić information content (AvgIpc) is 3.09. The Morgan fingerprint density at radius 1 is 1.47 bits per heavy atom. The minimum Gasteiger partial charge on any atom is -0.343 e. The molecule has 0 heterocycles. The molecule has 2 unspecified atom stereocenters. The lowest BCUT2D eigenvalue weighted by molar-refractivity contribution is -0.122. The Kier molecular flexibility index (Phi) is 3.56. The first-order valence-electron chi connectivity index (χ1n) is 5.23. The minimum absolute atomic E-state index is 0.0411. The molecule has 3 nitrogen and oxygen atoms in total. The Balaban J connectivity index is 2.00. The molecule has 2 atom stereocenters. The maximum Gasteiger partial charge on any atom is 0.224 e. The molecule has 0 aliphatic heterocycles. The summed E-state index contributed by atoms with van der Waals surface area (Å²) < 4.78 is 0. The summed E-state index contributed by atoms with van der Waals surface area (Å²) in [6.07, 6.45) is 0.801. The van der Waals surface area contributed by atoms with E-state index in [0.29, 0.717) is 10.0 Å². The molecule has 0 saturated heterocycles. The predicted molar refractivity (Wildman–Crippen MR) is 65.9 cm³/mol. The van der Waals surface area contributed by atoms with Crippen LogP contribution in [-0.2, 0) is 4.79 Å². The van der Waals surface area contributed by atoms with Crippen molar-refractivity contribution in [3.8, 4) is 6.07 Å². The first-order chi connectivity index (χ1) is 8.13. The summed E-state index contributed by atoms with van der Waals surface area (Å²) in [5.41, 5.74) is 1.02. The normalized spacial score (nSPS) is 21.7. The molecular formula is C12H10Cl2N2O. The van der Waals surface area contributed by atoms with E-state index in [-0.39, 0.29) is 24.3 Å². The van der Waals surface area contributed by atoms with E-state index in [9.17, 15) is 4.79 Å². The van der Waals surface area contributed by atoms with Crippen molar-refractivity contribution in [2.24, 2.45) is 5.92 Å². The molecule has 1 N–H and O–H groups in total. The molecule has 0 spiro atoms. The molecule has 0 radical (unpaired) electrons. The summed E-state index contributed by atoms with van der Waals surface area (Å²) in [6, 6.07) is 7.30. The van der Waals surface area contributed by atoms with Crippen molar-refractivity contribution < 1.29 is 4.79 Å². The van der Waals surface area contributed by atoms with E-state index in [2.05, 4.69) is 5.32 Å². The molecule has 1 amide bonds. The Bertz CT molecular complexity index is 496. The first-order valence-corrected chi connectivity index (χ1v) is 5.98. The lowest BCUT2D eigenvalue weighted by atomic mass is 10.1. The van der Waals surface area contributed by atoms with Gasteiger partial charge in [0.05, 0.1) is 16.1 Å². The minimum atomic E-state index is -0.0670. The zero-order valence-electron chi connectivity index (χ0n) is 8.91. The van der Waals surface area contributed by atoms with Gasteiger partial charge in [-0.2, -0.15) is 5.26 Å². The van der Waals surface area contributed by atoms with Crippen LogP contribution in [0.2, 0.25) is 10.0 Å². The molecule has 88 valence electrons. The number of hydrogen-bond acceptors (Lipinski definition) is 2. The Morgan fingerprint density at radius 2 is 2.24 bits per heavy atom. The van der Waals surface area contributed by atoms with Gasteiger partial charge >= 0.3 is 0 Å². The fourth-order valence-corrected chi connectivity index (χ4v) is 2.16. The Labute approximate surface area is 109 Å². The smallest absolute Gasteiger partial charge is 0.224 e. The predicted octanol–water partition coefficient (Wildman–Crippen LogP) is 2.74. The van der Waals surface area contributed by atoms with Crippen molar-refractivity contribution in [2.75, 3.05) is 6.54 Å². The van der Waals surface area contributed by atoms with E-state index in [1.807, 2.05) is 12.1 Å². The topological polar surface area (TPSA) is 52.9 Å². The number of benzene rings is 1. The second kappa shape index (κ2) is 4.95. The first kappa shape index (κ1) is 12.2. The zero-order chi connectivity index (χ0) is 12.4. The zero-order valence-corrected chi connectivity index (χ0v) is 10.4. The van der Waals surface area contributed by atoms with Crippen molar-refractivity contribution in [3.63, 3.8) is 0 Å². The van der Waals surface area contributed by atoms with Crippen molar-refractivity contribution in [1.82, 2.24) is 5.32 Å². The maximum atomic E-state index is 11.6. The summed E-state index contributed by atoms with van der Waals surface area (Å²) in [7, 11) is 0. The third-order valence-corrected chi connectivity index (χ3v) is 3.58. The molecule has 1 aliphatic rings. The van der Waals surface area contributed by atoms with Crippen LogP contribution in [0.15, 0.2) is 18.2 Å². The molecule has 1 aromatic carbocycles. The van der Waals surface area contributed by atoms with Gasteiger partial charge in [0.25, 0.3) is 0 Å². The molecule has 0 aromatic heterocycles. The second-order valence-corrected chi connectivity index (χ2v) is 4.81. The standard InChI is InChI=1S/C12H10Cl2N2O/c13-10-2-1-7(5-11(10)14)8-6-9(8)12(17)16-4-3-15/h1-2,5,8-9H,4,6H2,(H,16,17). The van der Waals surface area contributed by atoms with E-state index < -0.39 is 0 Å². The van der Waals surface area contributed by atoms with E-state index >= 15 is 0 Å². The highest BCUT2D eigenvalue weighted by molar-refractivity contribution is 6.42. The van der Waals surface area contributed by atoms with Crippen LogP contribution >= 0.6 is 23.2 Å². The van der Waals surface area contributed by atoms with Gasteiger partial charge in [0.15, 0.2) is 0 Å². The van der Waals surface area contributed by atoms with Gasteiger partial charge in [-0.05, 0) is 30.0 Å². The molecule has 17 heavy (non-hydrogen) atoms. The molecule has 1 aromatic rings. The summed E-state index contributed by atoms with van der Waals surface area (Å²) in [5, 5.41) is 12.0. The monoisotopic (exact) mass is 268 g/mol. The van der Waals surface area contributed by atoms with Crippen molar-refractivity contribution in [2.45, 2.75) is 12.3 Å². The van der Waals surface area contributed by atoms with Gasteiger partial charge in [-0.25, -0.2) is 0 Å². The van der Waals surface area contributed by atoms with Gasteiger partial charge in [0.1, 0.15) is 6.54 Å². The van der Waals surface area contributed by atoms with Gasteiger partial charge in [-0.3, -0.25) is 4.79 Å². The van der Waals surface area contributed by atoms with Gasteiger partial charge in [-0.1, -0.05) is 29.3 Å². The van der Waals surface area contributed by atoms with Crippen LogP contribution in [0.5, 0.6) is 0 Å². The number of nitrogens with one attached hydrogen (secondary N) is 1. The number of amides is 1. The molecule has 0 bridgehead atoms. The Hall–Kier alpha value is -1.24. The highest BCUT2D eigenvalue weighted by Crippen LogP contribution is 2.48. The molecule has 1 saturated carbocycles. The van der Waals surface area contributed by atoms with E-state index in [0.717, 1.165) is 12.0 Å². The van der Waals surface area contributed by atoms with Crippen LogP contribution in [-0.4, -0.2) is 12.5 Å². The van der Waals surface area contributed by atoms with E-state index in [4.69, 9.17) is 28.5 Å². The molecule has 1 fully saturated rings. The van der Waals surface area contributed by atoms with Gasteiger partial charge in [0.2, 0.25) is 5.91 Å². The number of halogens is 2. The van der Waals surface area contributed by atoms with Crippen LogP contribution in [0.4, 0.5) is 0 Å². The number of nitriles is 1. The number of carbonyl (C=O) groups is 1. The van der Waals surface area contributed by atoms with Crippen LogP contribution in [0.3, 0.4) is 0 Å². The van der Waals surface area contributed by atoms with Crippen LogP contribution in [0.25, 0.3) is 0 Å². The maximum absolute atomic E-state index is 11.6. The molecule has 1 aliphatic carbocycles. The van der Waals surface area contributed by atoms with E-state index in [1.54, 1.807) is 12.1 Å². The quantitative estimate of drug-likeness (QED) is 0.858. The number of rotatable bonds is 3. The highest BCUT2D eigenvalue weighted by atomic mass is 35.5. The lowest BCUT2D eigenvalue weighted by Crippen LogP contribution is -2.25. The SMILES string of the molecule is N#CCNC(=O)C1CC1c1ccc(Cl)c(Cl)c1. The molecule has 2 rings (SSSR count). The van der Waals surface area contributed by atoms with Crippen molar-refractivity contribution >= 4 is 29.1 Å². The number of hydrogen-bond donors (Lipinski definition) is 1. The van der Waals surface area contributed by atoms with E-state index in [1.165, 1.54) is 0 Å². The molecule has 5 heteroatoms. The van der Waals surface area contributed by atoms with Gasteiger partial charge < -0.3 is 5.32 Å². The van der Waals surface area contributed by atoms with Crippen molar-refractivity contribution in [1.29, 1.82) is 5.26 Å². The highest BCUT2D eigenvalue weighted by Gasteiger charge is 2.43. The second-order valence-electron chi connectivity index (χ2n) is 4.00. The summed E-state index contributed by atoms with van der Waals surface area (Å²) in [5.74, 6) is 0.0895. The fourth-order valence-electron chi connectivity index (χ4n) is 1.85. The van der Waals surface area contributed by atoms with Crippen molar-refractivity contribution in [3.05, 3.63) is 33.8 Å². The molecular weight excluding hydrogens is 259 g/mol. The number of nitrogens with zero attached hydrogens (tertiary/aromatic N) is 1. The third kappa shape index (κ3) is 2.71.